The molecule has 5 nitrogen and oxygen atoms in total. The highest BCUT2D eigenvalue weighted by Gasteiger charge is 2.28. The van der Waals surface area contributed by atoms with Crippen LogP contribution in [0.1, 0.15) is 49.6 Å². The molecule has 3 rings (SSSR count). The van der Waals surface area contributed by atoms with E-state index >= 15 is 0 Å². The Morgan fingerprint density at radius 2 is 2.17 bits per heavy atom. The summed E-state index contributed by atoms with van der Waals surface area (Å²) in [6, 6.07) is 4.03. The number of hydrogen-bond donors (Lipinski definition) is 1. The van der Waals surface area contributed by atoms with Gasteiger partial charge >= 0.3 is 0 Å². The first-order chi connectivity index (χ1) is 11.2. The Kier molecular flexibility index (Phi) is 5.16. The van der Waals surface area contributed by atoms with Crippen molar-refractivity contribution in [1.29, 1.82) is 0 Å². The van der Waals surface area contributed by atoms with Crippen LogP contribution < -0.4 is 5.32 Å². The molecule has 0 radical (unpaired) electrons. The van der Waals surface area contributed by atoms with Crippen LogP contribution in [0.25, 0.3) is 0 Å². The normalized spacial score (nSPS) is 22.3. The van der Waals surface area contributed by atoms with Gasteiger partial charge in [0, 0.05) is 31.4 Å². The second kappa shape index (κ2) is 7.30. The van der Waals surface area contributed by atoms with Crippen LogP contribution in [0.2, 0.25) is 0 Å². The number of nitrogens with zero attached hydrogens (tertiary/aromatic N) is 2. The molecule has 1 saturated heterocycles. The van der Waals surface area contributed by atoms with Gasteiger partial charge in [-0.05, 0) is 37.8 Å². The lowest BCUT2D eigenvalue weighted by Crippen LogP contribution is -2.43. The first-order valence-corrected chi connectivity index (χ1v) is 8.71. The molecule has 0 aromatic carbocycles. The summed E-state index contributed by atoms with van der Waals surface area (Å²) in [4.78, 5) is 19.1. The van der Waals surface area contributed by atoms with Crippen molar-refractivity contribution in [3.8, 4) is 0 Å². The molecule has 1 aliphatic heterocycles. The molecule has 0 unspecified atom stereocenters. The summed E-state index contributed by atoms with van der Waals surface area (Å²) < 4.78 is 5.88. The van der Waals surface area contributed by atoms with E-state index in [0.717, 1.165) is 17.1 Å². The molecule has 2 heterocycles. The molecular formula is C18H27N3O2. The molecule has 1 aromatic rings. The zero-order chi connectivity index (χ0) is 16.2. The average molecular weight is 317 g/mol. The van der Waals surface area contributed by atoms with E-state index in [1.165, 1.54) is 25.7 Å². The molecule has 1 N–H and O–H groups in total. The molecule has 1 atom stereocenters. The Bertz CT molecular complexity index is 555. The van der Waals surface area contributed by atoms with Gasteiger partial charge in [-0.2, -0.15) is 0 Å². The maximum absolute atomic E-state index is 12.6. The predicted molar refractivity (Wildman–Crippen MR) is 90.4 cm³/mol. The van der Waals surface area contributed by atoms with Gasteiger partial charge in [-0.25, -0.2) is 0 Å². The Morgan fingerprint density at radius 1 is 1.39 bits per heavy atom. The highest BCUT2D eigenvalue weighted by molar-refractivity contribution is 5.76. The van der Waals surface area contributed by atoms with E-state index < -0.39 is 0 Å². The minimum absolute atomic E-state index is 0.122. The van der Waals surface area contributed by atoms with Gasteiger partial charge in [0.2, 0.25) is 5.91 Å². The quantitative estimate of drug-likeness (QED) is 0.928. The van der Waals surface area contributed by atoms with Crippen molar-refractivity contribution in [2.24, 2.45) is 5.92 Å². The monoisotopic (exact) mass is 317 g/mol. The van der Waals surface area contributed by atoms with E-state index in [0.29, 0.717) is 32.0 Å². The van der Waals surface area contributed by atoms with Gasteiger partial charge in [-0.15, -0.1) is 0 Å². The molecular weight excluding hydrogens is 290 g/mol. The van der Waals surface area contributed by atoms with E-state index in [9.17, 15) is 4.79 Å². The number of nitrogens with one attached hydrogen (secondary N) is 1. The summed E-state index contributed by atoms with van der Waals surface area (Å²) in [6.45, 7) is 3.89. The van der Waals surface area contributed by atoms with Gasteiger partial charge in [0.25, 0.3) is 0 Å². The summed E-state index contributed by atoms with van der Waals surface area (Å²) in [5, 5.41) is 3.15. The van der Waals surface area contributed by atoms with Crippen molar-refractivity contribution in [1.82, 2.24) is 9.88 Å². The van der Waals surface area contributed by atoms with Crippen LogP contribution in [0.3, 0.4) is 0 Å². The second-order valence-electron chi connectivity index (χ2n) is 6.73. The average Bonchev–Trinajstić information content (AvgIpc) is 3.07. The standard InChI is InChI=1S/C18H27N3O2/c1-13-9-15(19-2)11-16(20-13)17-12-21(7-8-23-17)18(22)10-14-5-3-4-6-14/h9,11,14,17H,3-8,10,12H2,1-2H3,(H,19,20)/t17-/m0/s1. The summed E-state index contributed by atoms with van der Waals surface area (Å²) in [5.41, 5.74) is 2.91. The van der Waals surface area contributed by atoms with Crippen LogP contribution in [-0.2, 0) is 9.53 Å². The van der Waals surface area contributed by atoms with Gasteiger partial charge < -0.3 is 15.0 Å². The Morgan fingerprint density at radius 3 is 2.91 bits per heavy atom. The number of pyridine rings is 1. The highest BCUT2D eigenvalue weighted by Crippen LogP contribution is 2.29. The molecule has 0 spiro atoms. The topological polar surface area (TPSA) is 54.5 Å². The fraction of sp³-hybridized carbons (Fsp3) is 0.667. The van der Waals surface area contributed by atoms with Crippen LogP contribution in [0.5, 0.6) is 0 Å². The van der Waals surface area contributed by atoms with Crippen LogP contribution >= 0.6 is 0 Å². The number of morpholine rings is 1. The number of amides is 1. The third-order valence-electron chi connectivity index (χ3n) is 4.95. The van der Waals surface area contributed by atoms with E-state index in [4.69, 9.17) is 4.74 Å². The van der Waals surface area contributed by atoms with Crippen molar-refractivity contribution in [3.05, 3.63) is 23.5 Å². The number of carbonyl (C=O) groups is 1. The smallest absolute Gasteiger partial charge is 0.223 e. The molecule has 126 valence electrons. The highest BCUT2D eigenvalue weighted by atomic mass is 16.5. The van der Waals surface area contributed by atoms with Gasteiger partial charge in [-0.3, -0.25) is 9.78 Å². The molecule has 23 heavy (non-hydrogen) atoms. The van der Waals surface area contributed by atoms with Gasteiger partial charge in [0.05, 0.1) is 18.8 Å². The fourth-order valence-corrected chi connectivity index (χ4v) is 3.65. The van der Waals surface area contributed by atoms with Crippen molar-refractivity contribution in [3.63, 3.8) is 0 Å². The van der Waals surface area contributed by atoms with Crippen molar-refractivity contribution in [2.45, 2.75) is 45.1 Å². The van der Waals surface area contributed by atoms with Crippen molar-refractivity contribution < 1.29 is 9.53 Å². The third kappa shape index (κ3) is 4.02. The van der Waals surface area contributed by atoms with Crippen LogP contribution in [0.4, 0.5) is 5.69 Å². The lowest BCUT2D eigenvalue weighted by Gasteiger charge is -2.33. The largest absolute Gasteiger partial charge is 0.388 e. The number of rotatable bonds is 4. The summed E-state index contributed by atoms with van der Waals surface area (Å²) in [5.74, 6) is 0.878. The maximum Gasteiger partial charge on any atom is 0.223 e. The first-order valence-electron chi connectivity index (χ1n) is 8.71. The fourth-order valence-electron chi connectivity index (χ4n) is 3.65. The Balaban J connectivity index is 1.65. The molecule has 1 amide bonds. The van der Waals surface area contributed by atoms with Crippen LogP contribution in [0.15, 0.2) is 12.1 Å². The van der Waals surface area contributed by atoms with Gasteiger partial charge in [0.1, 0.15) is 6.10 Å². The van der Waals surface area contributed by atoms with Crippen LogP contribution in [-0.4, -0.2) is 42.5 Å². The molecule has 0 bridgehead atoms. The lowest BCUT2D eigenvalue weighted by atomic mass is 10.0. The summed E-state index contributed by atoms with van der Waals surface area (Å²) in [6.07, 6.45) is 5.57. The molecule has 1 aromatic heterocycles. The summed E-state index contributed by atoms with van der Waals surface area (Å²) >= 11 is 0. The number of anilines is 1. The second-order valence-corrected chi connectivity index (χ2v) is 6.73. The van der Waals surface area contributed by atoms with Crippen molar-refractivity contribution in [2.75, 3.05) is 32.1 Å². The Hall–Kier alpha value is -1.62. The first kappa shape index (κ1) is 16.2. The molecule has 1 aliphatic carbocycles. The van der Waals surface area contributed by atoms with Crippen molar-refractivity contribution >= 4 is 11.6 Å². The third-order valence-corrected chi connectivity index (χ3v) is 4.95. The van der Waals surface area contributed by atoms with Gasteiger partial charge in [0.15, 0.2) is 0 Å². The van der Waals surface area contributed by atoms with E-state index in [2.05, 4.69) is 10.3 Å². The van der Waals surface area contributed by atoms with E-state index in [-0.39, 0.29) is 12.0 Å². The molecule has 2 aliphatic rings. The van der Waals surface area contributed by atoms with E-state index in [1.807, 2.05) is 31.0 Å². The molecule has 2 fully saturated rings. The van der Waals surface area contributed by atoms with Gasteiger partial charge in [-0.1, -0.05) is 12.8 Å². The Labute approximate surface area is 138 Å². The molecule has 1 saturated carbocycles. The SMILES string of the molecule is CNc1cc(C)nc([C@@H]2CN(C(=O)CC3CCCC3)CCO2)c1. The predicted octanol–water partition coefficient (Wildman–Crippen LogP) is 2.91. The number of aromatic nitrogens is 1. The maximum atomic E-state index is 12.6. The lowest BCUT2D eigenvalue weighted by molar-refractivity contribution is -0.140. The summed E-state index contributed by atoms with van der Waals surface area (Å²) in [7, 11) is 1.90. The number of ether oxygens (including phenoxy) is 1. The number of aryl methyl sites for hydroxylation is 1. The zero-order valence-electron chi connectivity index (χ0n) is 14.2. The number of hydrogen-bond acceptors (Lipinski definition) is 4. The van der Waals surface area contributed by atoms with E-state index in [1.54, 1.807) is 0 Å². The minimum Gasteiger partial charge on any atom is -0.388 e. The number of carbonyl (C=O) groups excluding carboxylic acids is 1. The molecule has 5 heteroatoms. The minimum atomic E-state index is -0.122. The van der Waals surface area contributed by atoms with Crippen LogP contribution in [0, 0.1) is 12.8 Å². The zero-order valence-corrected chi connectivity index (χ0v) is 14.2.